The van der Waals surface area contributed by atoms with Crippen molar-refractivity contribution in [3.63, 3.8) is 0 Å². The van der Waals surface area contributed by atoms with Crippen LogP contribution in [0, 0.1) is 13.8 Å². The van der Waals surface area contributed by atoms with E-state index < -0.39 is 5.60 Å². The average molecular weight is 450 g/mol. The van der Waals surface area contributed by atoms with Crippen LogP contribution in [0.2, 0.25) is 0 Å². The second kappa shape index (κ2) is 9.95. The van der Waals surface area contributed by atoms with E-state index in [9.17, 15) is 9.90 Å². The summed E-state index contributed by atoms with van der Waals surface area (Å²) in [6.07, 6.45) is 4.41. The Labute approximate surface area is 193 Å². The largest absolute Gasteiger partial charge is 0.390 e. The van der Waals surface area contributed by atoms with Gasteiger partial charge in [0.05, 0.1) is 11.8 Å². The highest BCUT2D eigenvalue weighted by atomic mass is 16.5. The number of imidazole rings is 1. The van der Waals surface area contributed by atoms with Gasteiger partial charge in [-0.3, -0.25) is 9.20 Å². The molecular weight excluding hydrogens is 418 g/mol. The molecule has 8 nitrogen and oxygen atoms in total. The molecule has 1 aromatic carbocycles. The molecule has 33 heavy (non-hydrogen) atoms. The van der Waals surface area contributed by atoms with Crippen molar-refractivity contribution >= 4 is 17.2 Å². The van der Waals surface area contributed by atoms with Gasteiger partial charge in [0.15, 0.2) is 0 Å². The van der Waals surface area contributed by atoms with Crippen LogP contribution >= 0.6 is 0 Å². The predicted molar refractivity (Wildman–Crippen MR) is 128 cm³/mol. The Morgan fingerprint density at radius 2 is 1.94 bits per heavy atom. The number of hydrogen-bond donors (Lipinski definition) is 2. The molecule has 2 N–H and O–H groups in total. The van der Waals surface area contributed by atoms with Gasteiger partial charge in [0.2, 0.25) is 11.7 Å². The van der Waals surface area contributed by atoms with E-state index in [1.165, 1.54) is 0 Å². The van der Waals surface area contributed by atoms with E-state index in [4.69, 9.17) is 4.52 Å². The smallest absolute Gasteiger partial charge is 0.274 e. The molecule has 0 saturated heterocycles. The van der Waals surface area contributed by atoms with Gasteiger partial charge in [-0.25, -0.2) is 4.98 Å². The molecule has 0 radical (unpaired) electrons. The number of pyridine rings is 1. The molecule has 0 aliphatic heterocycles. The topological polar surface area (TPSA) is 106 Å². The molecule has 0 spiro atoms. The van der Waals surface area contributed by atoms with Gasteiger partial charge >= 0.3 is 0 Å². The van der Waals surface area contributed by atoms with Gasteiger partial charge in [0.1, 0.15) is 11.3 Å². The second-order valence-electron chi connectivity index (χ2n) is 8.38. The van der Waals surface area contributed by atoms with Gasteiger partial charge in [-0.05, 0) is 63.4 Å². The van der Waals surface area contributed by atoms with Crippen LogP contribution in [0.3, 0.4) is 0 Å². The van der Waals surface area contributed by atoms with Crippen LogP contribution in [0.25, 0.3) is 17.0 Å². The van der Waals surface area contributed by atoms with Crippen molar-refractivity contribution in [1.29, 1.82) is 0 Å². The minimum atomic E-state index is -0.799. The van der Waals surface area contributed by atoms with Crippen LogP contribution in [0.15, 0.2) is 47.2 Å². The fraction of sp³-hybridized carbons (Fsp3) is 0.360. The molecule has 8 heteroatoms. The van der Waals surface area contributed by atoms with E-state index in [0.29, 0.717) is 35.9 Å². The fourth-order valence-corrected chi connectivity index (χ4v) is 3.22. The normalized spacial score (nSPS) is 11.2. The van der Waals surface area contributed by atoms with E-state index in [-0.39, 0.29) is 5.91 Å². The molecule has 0 aliphatic rings. The first-order valence-electron chi connectivity index (χ1n) is 11.1. The molecule has 0 saturated carbocycles. The van der Waals surface area contributed by atoms with E-state index in [1.54, 1.807) is 24.4 Å². The highest BCUT2D eigenvalue weighted by Gasteiger charge is 2.17. The highest BCUT2D eigenvalue weighted by Crippen LogP contribution is 2.25. The quantitative estimate of drug-likeness (QED) is 0.430. The standard InChI is InChI=1S/C23H25N5O3.C2H6/c1-14-8-10-28-18(13-24-19(28)11-14)22(29)25-17-12-16(6-5-15(17)2)21-26-20(31-27-21)7-9-23(3,4)30;1-2/h5-6,8,10-13,30H,7,9H2,1-4H3,(H,25,29);1-2H3. The summed E-state index contributed by atoms with van der Waals surface area (Å²) >= 11 is 0. The molecule has 174 valence electrons. The van der Waals surface area contributed by atoms with Crippen molar-refractivity contribution in [3.8, 4) is 11.4 Å². The predicted octanol–water partition coefficient (Wildman–Crippen LogP) is 4.98. The van der Waals surface area contributed by atoms with Crippen LogP contribution in [0.5, 0.6) is 0 Å². The zero-order valence-electron chi connectivity index (χ0n) is 20.0. The molecule has 4 aromatic rings. The molecule has 3 aromatic heterocycles. The third-order valence-corrected chi connectivity index (χ3v) is 5.06. The number of aliphatic hydroxyl groups is 1. The van der Waals surface area contributed by atoms with Crippen molar-refractivity contribution < 1.29 is 14.4 Å². The summed E-state index contributed by atoms with van der Waals surface area (Å²) in [4.78, 5) is 21.6. The molecule has 4 rings (SSSR count). The maximum atomic E-state index is 12.9. The van der Waals surface area contributed by atoms with Crippen molar-refractivity contribution in [2.24, 2.45) is 0 Å². The zero-order valence-corrected chi connectivity index (χ0v) is 20.0. The zero-order chi connectivity index (χ0) is 24.2. The maximum Gasteiger partial charge on any atom is 0.274 e. The first-order chi connectivity index (χ1) is 15.7. The Balaban J connectivity index is 0.00000149. The van der Waals surface area contributed by atoms with Gasteiger partial charge in [-0.2, -0.15) is 4.98 Å². The van der Waals surface area contributed by atoms with Gasteiger partial charge < -0.3 is 14.9 Å². The summed E-state index contributed by atoms with van der Waals surface area (Å²) in [6.45, 7) is 11.4. The summed E-state index contributed by atoms with van der Waals surface area (Å²) in [5, 5.41) is 16.9. The summed E-state index contributed by atoms with van der Waals surface area (Å²) in [5.41, 5.74) is 3.75. The van der Waals surface area contributed by atoms with Gasteiger partial charge in [0, 0.05) is 23.9 Å². The number of amides is 1. The summed E-state index contributed by atoms with van der Waals surface area (Å²) in [7, 11) is 0. The number of hydrogen-bond acceptors (Lipinski definition) is 6. The van der Waals surface area contributed by atoms with Gasteiger partial charge in [-0.1, -0.05) is 31.1 Å². The van der Waals surface area contributed by atoms with Crippen LogP contribution < -0.4 is 5.32 Å². The Bertz CT molecular complexity index is 1250. The Morgan fingerprint density at radius 1 is 1.18 bits per heavy atom. The van der Waals surface area contributed by atoms with E-state index in [1.807, 2.05) is 64.2 Å². The fourth-order valence-electron chi connectivity index (χ4n) is 3.22. The number of aromatic nitrogens is 4. The molecule has 3 heterocycles. The van der Waals surface area contributed by atoms with Gasteiger partial charge in [0.25, 0.3) is 5.91 Å². The molecular formula is C25H31N5O3. The third kappa shape index (κ3) is 5.84. The number of carbonyl (C=O) groups excluding carboxylic acids is 1. The number of carbonyl (C=O) groups is 1. The summed E-state index contributed by atoms with van der Waals surface area (Å²) < 4.78 is 7.07. The van der Waals surface area contributed by atoms with Crippen molar-refractivity contribution in [2.75, 3.05) is 5.32 Å². The molecule has 0 atom stereocenters. The van der Waals surface area contributed by atoms with Crippen LogP contribution in [0.1, 0.15) is 61.6 Å². The van der Waals surface area contributed by atoms with E-state index in [2.05, 4.69) is 20.4 Å². The van der Waals surface area contributed by atoms with Crippen molar-refractivity contribution in [2.45, 2.75) is 60.0 Å². The average Bonchev–Trinajstić information content (AvgIpc) is 3.41. The number of nitrogens with zero attached hydrogens (tertiary/aromatic N) is 4. The Kier molecular flexibility index (Phi) is 7.28. The minimum Gasteiger partial charge on any atom is -0.390 e. The lowest BCUT2D eigenvalue weighted by molar-refractivity contribution is 0.0689. The molecule has 0 aliphatic carbocycles. The van der Waals surface area contributed by atoms with Crippen LogP contribution in [-0.2, 0) is 6.42 Å². The Hall–Kier alpha value is -3.52. The summed E-state index contributed by atoms with van der Waals surface area (Å²) in [6, 6.07) is 9.46. The SMILES string of the molecule is CC.Cc1ccn2c(C(=O)Nc3cc(-c4noc(CCC(C)(C)O)n4)ccc3C)cnc2c1. The van der Waals surface area contributed by atoms with Crippen molar-refractivity contribution in [3.05, 3.63) is 65.4 Å². The maximum absolute atomic E-state index is 12.9. The van der Waals surface area contributed by atoms with E-state index in [0.717, 1.165) is 22.3 Å². The number of nitrogens with one attached hydrogen (secondary N) is 1. The Morgan fingerprint density at radius 3 is 2.67 bits per heavy atom. The lowest BCUT2D eigenvalue weighted by Gasteiger charge is -2.14. The van der Waals surface area contributed by atoms with Crippen LogP contribution in [-0.4, -0.2) is 36.1 Å². The third-order valence-electron chi connectivity index (χ3n) is 5.06. The molecule has 0 unspecified atom stereocenters. The van der Waals surface area contributed by atoms with E-state index >= 15 is 0 Å². The number of aryl methyl sites for hydroxylation is 3. The molecule has 0 bridgehead atoms. The van der Waals surface area contributed by atoms with Crippen molar-refractivity contribution in [1.82, 2.24) is 19.5 Å². The lowest BCUT2D eigenvalue weighted by atomic mass is 10.0. The summed E-state index contributed by atoms with van der Waals surface area (Å²) in [5.74, 6) is 0.645. The van der Waals surface area contributed by atoms with Crippen LogP contribution in [0.4, 0.5) is 5.69 Å². The minimum absolute atomic E-state index is 0.254. The first kappa shape index (κ1) is 24.1. The number of rotatable bonds is 6. The second-order valence-corrected chi connectivity index (χ2v) is 8.38. The first-order valence-corrected chi connectivity index (χ1v) is 11.1. The molecule has 1 amide bonds. The monoisotopic (exact) mass is 449 g/mol. The number of anilines is 1. The number of fused-ring (bicyclic) bond motifs is 1. The molecule has 0 fully saturated rings. The highest BCUT2D eigenvalue weighted by molar-refractivity contribution is 6.04. The van der Waals surface area contributed by atoms with Gasteiger partial charge in [-0.15, -0.1) is 0 Å². The number of benzene rings is 1. The lowest BCUT2D eigenvalue weighted by Crippen LogP contribution is -2.19.